The van der Waals surface area contributed by atoms with Gasteiger partial charge in [0.25, 0.3) is 0 Å². The number of rotatable bonds is 8. The van der Waals surface area contributed by atoms with Crippen LogP contribution in [-0.4, -0.2) is 60.7 Å². The highest BCUT2D eigenvalue weighted by molar-refractivity contribution is 7.90. The van der Waals surface area contributed by atoms with E-state index in [-0.39, 0.29) is 24.4 Å². The Bertz CT molecular complexity index is 353. The molecular formula is C12H27ClN2O4S. The summed E-state index contributed by atoms with van der Waals surface area (Å²) in [6.07, 6.45) is 1.84. The number of hydrogen-bond acceptors (Lipinski definition) is 5. The summed E-state index contributed by atoms with van der Waals surface area (Å²) in [5.41, 5.74) is -0.0974. The Kier molecular flexibility index (Phi) is 9.21. The van der Waals surface area contributed by atoms with Gasteiger partial charge in [-0.25, -0.2) is 13.1 Å². The summed E-state index contributed by atoms with van der Waals surface area (Å²) in [5.74, 6) is 0. The third kappa shape index (κ3) is 5.83. The Balaban J connectivity index is 0.00000361. The lowest BCUT2D eigenvalue weighted by Gasteiger charge is -2.37. The van der Waals surface area contributed by atoms with E-state index >= 15 is 0 Å². The fourth-order valence-electron chi connectivity index (χ4n) is 2.36. The van der Waals surface area contributed by atoms with Crippen molar-refractivity contribution in [2.45, 2.75) is 25.0 Å². The second-order valence-corrected chi connectivity index (χ2v) is 7.50. The average Bonchev–Trinajstić information content (AvgIpc) is 2.38. The van der Waals surface area contributed by atoms with Gasteiger partial charge in [-0.05, 0) is 32.9 Å². The van der Waals surface area contributed by atoms with E-state index in [9.17, 15) is 8.42 Å². The first-order chi connectivity index (χ1) is 8.96. The van der Waals surface area contributed by atoms with Crippen molar-refractivity contribution in [1.82, 2.24) is 10.0 Å². The van der Waals surface area contributed by atoms with Crippen molar-refractivity contribution in [3.05, 3.63) is 0 Å². The van der Waals surface area contributed by atoms with Crippen molar-refractivity contribution in [3.8, 4) is 0 Å². The van der Waals surface area contributed by atoms with Crippen molar-refractivity contribution >= 4 is 22.4 Å². The Morgan fingerprint density at radius 3 is 2.35 bits per heavy atom. The van der Waals surface area contributed by atoms with Gasteiger partial charge in [0, 0.05) is 26.2 Å². The maximum Gasteiger partial charge on any atom is 0.216 e. The topological polar surface area (TPSA) is 76.7 Å². The molecule has 1 fully saturated rings. The lowest BCUT2D eigenvalue weighted by molar-refractivity contribution is 0.0576. The van der Waals surface area contributed by atoms with E-state index in [1.807, 2.05) is 0 Å². The molecule has 0 bridgehead atoms. The molecule has 20 heavy (non-hydrogen) atoms. The van der Waals surface area contributed by atoms with Crippen LogP contribution in [0.4, 0.5) is 0 Å². The molecule has 1 aliphatic rings. The van der Waals surface area contributed by atoms with Crippen molar-refractivity contribution in [2.75, 3.05) is 47.1 Å². The molecule has 0 aliphatic carbocycles. The molecule has 1 unspecified atom stereocenters. The standard InChI is InChI=1S/C12H26N2O4S.ClH/c1-11(8-17-2)19(15,16)14-9-12(10-18-3)4-6-13-7-5-12;/h11,13-14H,4-10H2,1-3H3;1H. The zero-order chi connectivity index (χ0) is 14.4. The maximum atomic E-state index is 12.1. The second-order valence-electron chi connectivity index (χ2n) is 5.32. The van der Waals surface area contributed by atoms with Crippen molar-refractivity contribution in [2.24, 2.45) is 5.41 Å². The number of nitrogens with one attached hydrogen (secondary N) is 2. The highest BCUT2D eigenvalue weighted by atomic mass is 35.5. The summed E-state index contributed by atoms with van der Waals surface area (Å²) in [4.78, 5) is 0. The zero-order valence-corrected chi connectivity index (χ0v) is 14.1. The number of piperidine rings is 1. The van der Waals surface area contributed by atoms with Crippen LogP contribution in [0, 0.1) is 5.41 Å². The molecule has 0 radical (unpaired) electrons. The van der Waals surface area contributed by atoms with Crippen LogP contribution in [-0.2, 0) is 19.5 Å². The van der Waals surface area contributed by atoms with E-state index in [1.165, 1.54) is 7.11 Å². The molecule has 1 saturated heterocycles. The van der Waals surface area contributed by atoms with Crippen LogP contribution >= 0.6 is 12.4 Å². The highest BCUT2D eigenvalue weighted by Crippen LogP contribution is 2.28. The Morgan fingerprint density at radius 2 is 1.85 bits per heavy atom. The van der Waals surface area contributed by atoms with E-state index in [0.717, 1.165) is 25.9 Å². The second kappa shape index (κ2) is 9.17. The summed E-state index contributed by atoms with van der Waals surface area (Å²) in [5, 5.41) is 2.74. The van der Waals surface area contributed by atoms with Gasteiger partial charge >= 0.3 is 0 Å². The fraction of sp³-hybridized carbons (Fsp3) is 1.00. The zero-order valence-electron chi connectivity index (χ0n) is 12.5. The first kappa shape index (κ1) is 20.1. The monoisotopic (exact) mass is 330 g/mol. The smallest absolute Gasteiger partial charge is 0.216 e. The average molecular weight is 331 g/mol. The largest absolute Gasteiger partial charge is 0.384 e. The van der Waals surface area contributed by atoms with Gasteiger partial charge in [0.2, 0.25) is 10.0 Å². The quantitative estimate of drug-likeness (QED) is 0.673. The van der Waals surface area contributed by atoms with Crippen LogP contribution in [0.2, 0.25) is 0 Å². The Hall–Kier alpha value is 0.0800. The van der Waals surface area contributed by atoms with Crippen LogP contribution in [0.3, 0.4) is 0 Å². The molecule has 8 heteroatoms. The fourth-order valence-corrected chi connectivity index (χ4v) is 3.46. The molecule has 6 nitrogen and oxygen atoms in total. The third-order valence-electron chi connectivity index (χ3n) is 3.69. The molecule has 1 heterocycles. The van der Waals surface area contributed by atoms with E-state index in [0.29, 0.717) is 13.2 Å². The molecule has 1 atom stereocenters. The van der Waals surface area contributed by atoms with Crippen molar-refractivity contribution < 1.29 is 17.9 Å². The van der Waals surface area contributed by atoms with Gasteiger partial charge in [-0.2, -0.15) is 0 Å². The predicted octanol–water partition coefficient (Wildman–Crippen LogP) is 0.379. The molecule has 0 aromatic carbocycles. The van der Waals surface area contributed by atoms with E-state index in [4.69, 9.17) is 9.47 Å². The number of hydrogen-bond donors (Lipinski definition) is 2. The van der Waals surface area contributed by atoms with Crippen LogP contribution in [0.5, 0.6) is 0 Å². The number of methoxy groups -OCH3 is 2. The number of sulfonamides is 1. The van der Waals surface area contributed by atoms with Crippen LogP contribution in [0.15, 0.2) is 0 Å². The Morgan fingerprint density at radius 1 is 1.25 bits per heavy atom. The van der Waals surface area contributed by atoms with Gasteiger partial charge in [0.1, 0.15) is 0 Å². The van der Waals surface area contributed by atoms with Gasteiger partial charge in [-0.15, -0.1) is 12.4 Å². The predicted molar refractivity (Wildman–Crippen MR) is 81.9 cm³/mol. The lowest BCUT2D eigenvalue weighted by atomic mass is 9.80. The highest BCUT2D eigenvalue weighted by Gasteiger charge is 2.34. The first-order valence-electron chi connectivity index (χ1n) is 6.63. The van der Waals surface area contributed by atoms with Gasteiger partial charge in [-0.1, -0.05) is 0 Å². The maximum absolute atomic E-state index is 12.1. The van der Waals surface area contributed by atoms with Gasteiger partial charge < -0.3 is 14.8 Å². The molecule has 0 amide bonds. The van der Waals surface area contributed by atoms with Crippen molar-refractivity contribution in [3.63, 3.8) is 0 Å². The number of halogens is 1. The van der Waals surface area contributed by atoms with Gasteiger partial charge in [0.15, 0.2) is 0 Å². The molecule has 2 N–H and O–H groups in total. The van der Waals surface area contributed by atoms with E-state index in [2.05, 4.69) is 10.0 Å². The Labute approximate surface area is 128 Å². The summed E-state index contributed by atoms with van der Waals surface area (Å²) in [6.45, 7) is 4.66. The van der Waals surface area contributed by atoms with Crippen LogP contribution in [0.25, 0.3) is 0 Å². The van der Waals surface area contributed by atoms with Gasteiger partial charge in [-0.3, -0.25) is 0 Å². The minimum atomic E-state index is -3.33. The minimum Gasteiger partial charge on any atom is -0.384 e. The minimum absolute atomic E-state index is 0. The summed E-state index contributed by atoms with van der Waals surface area (Å²) < 4.78 is 37.0. The lowest BCUT2D eigenvalue weighted by Crippen LogP contribution is -2.48. The molecular weight excluding hydrogens is 304 g/mol. The van der Waals surface area contributed by atoms with Crippen LogP contribution in [0.1, 0.15) is 19.8 Å². The molecule has 0 saturated carbocycles. The molecule has 1 aliphatic heterocycles. The van der Waals surface area contributed by atoms with Gasteiger partial charge in [0.05, 0.1) is 18.5 Å². The summed E-state index contributed by atoms with van der Waals surface area (Å²) >= 11 is 0. The molecule has 0 aromatic heterocycles. The van der Waals surface area contributed by atoms with Crippen molar-refractivity contribution in [1.29, 1.82) is 0 Å². The third-order valence-corrected chi connectivity index (χ3v) is 5.44. The normalized spacial score (nSPS) is 20.1. The molecule has 1 rings (SSSR count). The summed E-state index contributed by atoms with van der Waals surface area (Å²) in [7, 11) is -0.165. The first-order valence-corrected chi connectivity index (χ1v) is 8.17. The SMILES string of the molecule is COCC(C)S(=O)(=O)NCC1(COC)CCNCC1.Cl. The molecule has 0 spiro atoms. The number of ether oxygens (including phenoxy) is 2. The molecule has 0 aromatic rings. The summed E-state index contributed by atoms with van der Waals surface area (Å²) in [6, 6.07) is 0. The van der Waals surface area contributed by atoms with E-state index in [1.54, 1.807) is 14.0 Å². The van der Waals surface area contributed by atoms with E-state index < -0.39 is 15.3 Å². The molecule has 122 valence electrons. The van der Waals surface area contributed by atoms with Crippen LogP contribution < -0.4 is 10.0 Å².